The van der Waals surface area contributed by atoms with Gasteiger partial charge in [0.2, 0.25) is 0 Å². The number of furan rings is 1. The number of ketones is 1. The first kappa shape index (κ1) is 23.0. The van der Waals surface area contributed by atoms with Crippen molar-refractivity contribution in [1.82, 2.24) is 0 Å². The molecule has 0 saturated heterocycles. The van der Waals surface area contributed by atoms with Crippen LogP contribution in [0.3, 0.4) is 0 Å². The lowest BCUT2D eigenvalue weighted by Crippen LogP contribution is -2.11. The number of alkyl halides is 6. The highest BCUT2D eigenvalue weighted by Crippen LogP contribution is 2.39. The molecule has 10 heteroatoms. The van der Waals surface area contributed by atoms with Gasteiger partial charge in [-0.25, -0.2) is 0 Å². The third-order valence-electron chi connectivity index (χ3n) is 4.10. The van der Waals surface area contributed by atoms with E-state index >= 15 is 0 Å². The molecule has 0 spiro atoms. The van der Waals surface area contributed by atoms with Crippen LogP contribution in [-0.2, 0) is 12.4 Å². The molecule has 0 bridgehead atoms. The summed E-state index contributed by atoms with van der Waals surface area (Å²) in [6, 6.07) is 7.89. The highest BCUT2D eigenvalue weighted by atomic mass is 35.5. The summed E-state index contributed by atoms with van der Waals surface area (Å²) in [4.78, 5) is 12.2. The Balaban J connectivity index is 1.90. The molecule has 2 nitrogen and oxygen atoms in total. The summed E-state index contributed by atoms with van der Waals surface area (Å²) >= 11 is 11.6. The highest BCUT2D eigenvalue weighted by molar-refractivity contribution is 6.42. The van der Waals surface area contributed by atoms with E-state index in [9.17, 15) is 31.1 Å². The zero-order valence-corrected chi connectivity index (χ0v) is 16.6. The second kappa shape index (κ2) is 8.43. The molecule has 3 aromatic rings. The molecule has 162 valence electrons. The molecule has 0 fully saturated rings. The molecule has 0 aliphatic rings. The molecule has 0 aliphatic heterocycles. The number of rotatable bonds is 4. The third kappa shape index (κ3) is 5.51. The van der Waals surface area contributed by atoms with Crippen LogP contribution in [0.25, 0.3) is 17.4 Å². The Morgan fingerprint density at radius 2 is 1.42 bits per heavy atom. The van der Waals surface area contributed by atoms with Gasteiger partial charge in [0.05, 0.1) is 21.2 Å². The zero-order valence-electron chi connectivity index (χ0n) is 15.1. The second-order valence-corrected chi connectivity index (χ2v) is 7.14. The second-order valence-electron chi connectivity index (χ2n) is 6.32. The molecule has 0 saturated carbocycles. The lowest BCUT2D eigenvalue weighted by molar-refractivity contribution is -0.143. The molecule has 3 rings (SSSR count). The van der Waals surface area contributed by atoms with Crippen molar-refractivity contribution in [3.8, 4) is 11.3 Å². The monoisotopic (exact) mass is 478 g/mol. The Morgan fingerprint density at radius 3 is 1.97 bits per heavy atom. The van der Waals surface area contributed by atoms with Crippen molar-refractivity contribution in [2.75, 3.05) is 0 Å². The molecule has 1 heterocycles. The van der Waals surface area contributed by atoms with Gasteiger partial charge in [0, 0.05) is 11.1 Å². The Labute approximate surface area is 181 Å². The van der Waals surface area contributed by atoms with Crippen molar-refractivity contribution in [3.05, 3.63) is 87.1 Å². The summed E-state index contributed by atoms with van der Waals surface area (Å²) in [5.41, 5.74) is -3.09. The summed E-state index contributed by atoms with van der Waals surface area (Å²) in [5.74, 6) is -0.637. The van der Waals surface area contributed by atoms with E-state index in [0.717, 1.165) is 6.08 Å². The molecule has 0 unspecified atom stereocenters. The minimum Gasteiger partial charge on any atom is -0.457 e. The van der Waals surface area contributed by atoms with Crippen LogP contribution in [0.2, 0.25) is 10.0 Å². The van der Waals surface area contributed by atoms with E-state index in [0.29, 0.717) is 12.1 Å². The lowest BCUT2D eigenvalue weighted by Gasteiger charge is -2.13. The highest BCUT2D eigenvalue weighted by Gasteiger charge is 2.37. The van der Waals surface area contributed by atoms with Gasteiger partial charge < -0.3 is 4.42 Å². The van der Waals surface area contributed by atoms with Crippen molar-refractivity contribution in [3.63, 3.8) is 0 Å². The number of carbonyl (C=O) groups is 1. The minimum absolute atomic E-state index is 0.0309. The summed E-state index contributed by atoms with van der Waals surface area (Å²) in [5, 5.41) is 0.434. The molecule has 1 aromatic heterocycles. The molecule has 0 radical (unpaired) electrons. The lowest BCUT2D eigenvalue weighted by atomic mass is 10.0. The Bertz CT molecular complexity index is 1130. The van der Waals surface area contributed by atoms with Crippen molar-refractivity contribution < 1.29 is 35.6 Å². The largest absolute Gasteiger partial charge is 0.457 e. The van der Waals surface area contributed by atoms with Crippen LogP contribution < -0.4 is 0 Å². The van der Waals surface area contributed by atoms with Crippen LogP contribution in [-0.4, -0.2) is 5.78 Å². The van der Waals surface area contributed by atoms with Crippen molar-refractivity contribution >= 4 is 35.1 Å². The predicted octanol–water partition coefficient (Wildman–Crippen LogP) is 8.19. The zero-order chi connectivity index (χ0) is 23.0. The third-order valence-corrected chi connectivity index (χ3v) is 4.84. The Kier molecular flexibility index (Phi) is 6.25. The van der Waals surface area contributed by atoms with Gasteiger partial charge in [-0.05, 0) is 60.7 Å². The summed E-state index contributed by atoms with van der Waals surface area (Å²) in [6.45, 7) is 0. The van der Waals surface area contributed by atoms with E-state index < -0.39 is 34.8 Å². The molecule has 0 amide bonds. The van der Waals surface area contributed by atoms with Crippen LogP contribution in [0.4, 0.5) is 26.3 Å². The average Bonchev–Trinajstić information content (AvgIpc) is 3.15. The van der Waals surface area contributed by atoms with Crippen LogP contribution in [0.15, 0.2) is 59.0 Å². The van der Waals surface area contributed by atoms with E-state index in [2.05, 4.69) is 0 Å². The maximum atomic E-state index is 13.0. The SMILES string of the molecule is O=C(C=Cc1ccc(-c2cc(C(F)(F)F)cc(C(F)(F)F)c2)o1)c1ccc(Cl)c(Cl)c1. The number of halogens is 8. The number of carbonyl (C=O) groups excluding carboxylic acids is 1. The first-order valence-electron chi connectivity index (χ1n) is 8.42. The number of benzene rings is 2. The van der Waals surface area contributed by atoms with Gasteiger partial charge in [0.1, 0.15) is 11.5 Å². The molecule has 0 atom stereocenters. The Hall–Kier alpha value is -2.71. The molecule has 2 aromatic carbocycles. The average molecular weight is 479 g/mol. The summed E-state index contributed by atoms with van der Waals surface area (Å²) in [6.07, 6.45) is -7.60. The van der Waals surface area contributed by atoms with Gasteiger partial charge in [-0.2, -0.15) is 26.3 Å². The molecular formula is C21H10Cl2F6O2. The van der Waals surface area contributed by atoms with E-state index in [-0.39, 0.29) is 33.2 Å². The fourth-order valence-electron chi connectivity index (χ4n) is 2.60. The van der Waals surface area contributed by atoms with Crippen LogP contribution in [0.1, 0.15) is 27.2 Å². The maximum absolute atomic E-state index is 13.0. The van der Waals surface area contributed by atoms with Gasteiger partial charge in [-0.1, -0.05) is 23.2 Å². The molecule has 0 N–H and O–H groups in total. The minimum atomic E-state index is -4.97. The van der Waals surface area contributed by atoms with E-state index in [1.165, 1.54) is 36.4 Å². The first-order chi connectivity index (χ1) is 14.3. The standard InChI is InChI=1S/C21H10Cl2F6O2/c22-16-4-1-11(9-17(16)23)18(30)5-2-15-3-6-19(31-15)12-7-13(20(24,25)26)10-14(8-12)21(27,28)29/h1-10H. The fourth-order valence-corrected chi connectivity index (χ4v) is 2.90. The first-order valence-corrected chi connectivity index (χ1v) is 9.17. The summed E-state index contributed by atoms with van der Waals surface area (Å²) < 4.78 is 83.4. The molecular weight excluding hydrogens is 469 g/mol. The Morgan fingerprint density at radius 1 is 0.806 bits per heavy atom. The maximum Gasteiger partial charge on any atom is 0.416 e. The van der Waals surface area contributed by atoms with Gasteiger partial charge in [0.25, 0.3) is 0 Å². The molecule has 0 aliphatic carbocycles. The van der Waals surface area contributed by atoms with E-state index in [4.69, 9.17) is 27.6 Å². The number of allylic oxidation sites excluding steroid dienone is 1. The van der Waals surface area contributed by atoms with Crippen LogP contribution >= 0.6 is 23.2 Å². The van der Waals surface area contributed by atoms with Crippen molar-refractivity contribution in [2.24, 2.45) is 0 Å². The van der Waals surface area contributed by atoms with E-state index in [1.807, 2.05) is 0 Å². The van der Waals surface area contributed by atoms with Gasteiger partial charge in [-0.3, -0.25) is 4.79 Å². The summed E-state index contributed by atoms with van der Waals surface area (Å²) in [7, 11) is 0. The predicted molar refractivity (Wildman–Crippen MR) is 104 cm³/mol. The van der Waals surface area contributed by atoms with Crippen molar-refractivity contribution in [2.45, 2.75) is 12.4 Å². The van der Waals surface area contributed by atoms with Gasteiger partial charge >= 0.3 is 12.4 Å². The van der Waals surface area contributed by atoms with Crippen LogP contribution in [0, 0.1) is 0 Å². The van der Waals surface area contributed by atoms with Crippen LogP contribution in [0.5, 0.6) is 0 Å². The fraction of sp³-hybridized carbons (Fsp3) is 0.0952. The van der Waals surface area contributed by atoms with Gasteiger partial charge in [-0.15, -0.1) is 0 Å². The molecule has 31 heavy (non-hydrogen) atoms. The van der Waals surface area contributed by atoms with E-state index in [1.54, 1.807) is 0 Å². The van der Waals surface area contributed by atoms with Crippen molar-refractivity contribution in [1.29, 1.82) is 0 Å². The normalized spacial score (nSPS) is 12.5. The van der Waals surface area contributed by atoms with Gasteiger partial charge in [0.15, 0.2) is 5.78 Å². The topological polar surface area (TPSA) is 30.2 Å². The smallest absolute Gasteiger partial charge is 0.416 e. The quantitative estimate of drug-likeness (QED) is 0.215. The number of hydrogen-bond acceptors (Lipinski definition) is 2. The number of hydrogen-bond donors (Lipinski definition) is 0.